The first-order chi connectivity index (χ1) is 13.2. The average molecular weight is 478 g/mol. The van der Waals surface area contributed by atoms with Gasteiger partial charge in [0.15, 0.2) is 5.69 Å². The second kappa shape index (κ2) is 10.0. The van der Waals surface area contributed by atoms with Crippen LogP contribution in [0.25, 0.3) is 0 Å². The molecule has 0 aliphatic heterocycles. The normalized spacial score (nSPS) is 12.7. The van der Waals surface area contributed by atoms with Gasteiger partial charge in [0.2, 0.25) is 10.0 Å². The standard InChI is InChI=1S/C16H21BrFN5O4S/c1-23(7-8-28(19,25)26)6-2-3-14-16(22-27-21-14)15(20-24)10-11-4-5-13(18)12(17)9-11/h4-5,9,24H,2-3,6-8,10H2,1H3,(H2,19,25,26)/b20-15+. The summed E-state index contributed by atoms with van der Waals surface area (Å²) in [6.45, 7) is 0.934. The number of aryl methyl sites for hydroxylation is 1. The maximum Gasteiger partial charge on any atom is 0.210 e. The van der Waals surface area contributed by atoms with E-state index in [9.17, 15) is 18.0 Å². The van der Waals surface area contributed by atoms with Crippen molar-refractivity contribution < 1.29 is 22.6 Å². The van der Waals surface area contributed by atoms with Gasteiger partial charge in [0.25, 0.3) is 0 Å². The Labute approximate surface area is 170 Å². The van der Waals surface area contributed by atoms with Gasteiger partial charge in [-0.15, -0.1) is 0 Å². The van der Waals surface area contributed by atoms with Crippen molar-refractivity contribution in [3.05, 3.63) is 45.4 Å². The Balaban J connectivity index is 1.96. The maximum absolute atomic E-state index is 13.4. The highest BCUT2D eigenvalue weighted by molar-refractivity contribution is 9.10. The van der Waals surface area contributed by atoms with Gasteiger partial charge in [-0.3, -0.25) is 0 Å². The molecular weight excluding hydrogens is 457 g/mol. The zero-order valence-electron chi connectivity index (χ0n) is 15.2. The van der Waals surface area contributed by atoms with Crippen LogP contribution < -0.4 is 5.14 Å². The van der Waals surface area contributed by atoms with E-state index in [4.69, 9.17) is 9.77 Å². The summed E-state index contributed by atoms with van der Waals surface area (Å²) in [5.74, 6) is -0.504. The Kier molecular flexibility index (Phi) is 8.04. The van der Waals surface area contributed by atoms with Crippen LogP contribution in [0.2, 0.25) is 0 Å². The summed E-state index contributed by atoms with van der Waals surface area (Å²) in [6.07, 6.45) is 1.36. The molecule has 0 fully saturated rings. The highest BCUT2D eigenvalue weighted by Crippen LogP contribution is 2.19. The molecule has 0 amide bonds. The third-order valence-corrected chi connectivity index (χ3v) is 5.38. The molecule has 28 heavy (non-hydrogen) atoms. The van der Waals surface area contributed by atoms with E-state index in [1.165, 1.54) is 6.07 Å². The van der Waals surface area contributed by atoms with Gasteiger partial charge in [0.1, 0.15) is 17.2 Å². The lowest BCUT2D eigenvalue weighted by Crippen LogP contribution is -2.29. The molecule has 0 spiro atoms. The molecule has 0 aliphatic rings. The van der Waals surface area contributed by atoms with E-state index in [0.29, 0.717) is 41.8 Å². The lowest BCUT2D eigenvalue weighted by molar-refractivity contribution is 0.299. The van der Waals surface area contributed by atoms with E-state index in [1.54, 1.807) is 19.2 Å². The highest BCUT2D eigenvalue weighted by atomic mass is 79.9. The monoisotopic (exact) mass is 477 g/mol. The number of hydrogen-bond acceptors (Lipinski definition) is 8. The van der Waals surface area contributed by atoms with Gasteiger partial charge in [-0.1, -0.05) is 16.4 Å². The Bertz CT molecular complexity index is 935. The van der Waals surface area contributed by atoms with E-state index < -0.39 is 10.0 Å². The Morgan fingerprint density at radius 3 is 2.79 bits per heavy atom. The van der Waals surface area contributed by atoms with Crippen LogP contribution in [0.3, 0.4) is 0 Å². The molecule has 2 rings (SSSR count). The Morgan fingerprint density at radius 2 is 2.14 bits per heavy atom. The number of nitrogens with two attached hydrogens (primary N) is 1. The highest BCUT2D eigenvalue weighted by Gasteiger charge is 2.18. The van der Waals surface area contributed by atoms with E-state index in [0.717, 1.165) is 5.56 Å². The molecule has 1 aromatic heterocycles. The molecule has 0 unspecified atom stereocenters. The van der Waals surface area contributed by atoms with Crippen molar-refractivity contribution in [2.45, 2.75) is 19.3 Å². The van der Waals surface area contributed by atoms with E-state index in [-0.39, 0.29) is 23.7 Å². The number of rotatable bonds is 10. The van der Waals surface area contributed by atoms with Crippen molar-refractivity contribution >= 4 is 31.7 Å². The summed E-state index contributed by atoms with van der Waals surface area (Å²) in [7, 11) is -1.70. The number of oxime groups is 1. The van der Waals surface area contributed by atoms with Crippen LogP contribution in [0.5, 0.6) is 0 Å². The molecule has 1 heterocycles. The van der Waals surface area contributed by atoms with Crippen LogP contribution in [0.1, 0.15) is 23.4 Å². The largest absolute Gasteiger partial charge is 0.411 e. The minimum absolute atomic E-state index is 0.116. The quantitative estimate of drug-likeness (QED) is 0.301. The predicted octanol–water partition coefficient (Wildman–Crippen LogP) is 1.55. The summed E-state index contributed by atoms with van der Waals surface area (Å²) in [4.78, 5) is 1.84. The summed E-state index contributed by atoms with van der Waals surface area (Å²) in [5.41, 5.74) is 1.82. The molecule has 0 atom stereocenters. The Hall–Kier alpha value is -1.89. The van der Waals surface area contributed by atoms with Crippen LogP contribution in [0, 0.1) is 5.82 Å². The van der Waals surface area contributed by atoms with Crippen LogP contribution in [0.4, 0.5) is 4.39 Å². The van der Waals surface area contributed by atoms with E-state index >= 15 is 0 Å². The first-order valence-electron chi connectivity index (χ1n) is 8.35. The van der Waals surface area contributed by atoms with Gasteiger partial charge >= 0.3 is 0 Å². The van der Waals surface area contributed by atoms with E-state index in [2.05, 4.69) is 31.4 Å². The first kappa shape index (κ1) is 22.4. The number of sulfonamides is 1. The minimum Gasteiger partial charge on any atom is -0.411 e. The molecule has 9 nitrogen and oxygen atoms in total. The molecular formula is C16H21BrFN5O4S. The molecule has 0 aliphatic carbocycles. The number of benzene rings is 1. The van der Waals surface area contributed by atoms with Gasteiger partial charge in [-0.25, -0.2) is 22.6 Å². The summed E-state index contributed by atoms with van der Waals surface area (Å²) in [5, 5.41) is 25.3. The molecule has 3 N–H and O–H groups in total. The summed E-state index contributed by atoms with van der Waals surface area (Å²) >= 11 is 3.12. The molecule has 0 saturated carbocycles. The molecule has 0 radical (unpaired) electrons. The first-order valence-corrected chi connectivity index (χ1v) is 10.9. The smallest absolute Gasteiger partial charge is 0.210 e. The number of nitrogens with zero attached hydrogens (tertiary/aromatic N) is 4. The van der Waals surface area contributed by atoms with Crippen molar-refractivity contribution in [1.29, 1.82) is 0 Å². The third kappa shape index (κ3) is 6.93. The minimum atomic E-state index is -3.49. The fourth-order valence-electron chi connectivity index (χ4n) is 2.51. The Morgan fingerprint density at radius 1 is 1.39 bits per heavy atom. The van der Waals surface area contributed by atoms with Crippen LogP contribution in [-0.4, -0.2) is 60.4 Å². The fourth-order valence-corrected chi connectivity index (χ4v) is 3.50. The molecule has 12 heteroatoms. The van der Waals surface area contributed by atoms with Crippen molar-refractivity contribution in [2.75, 3.05) is 25.9 Å². The summed E-state index contributed by atoms with van der Waals surface area (Å²) in [6, 6.07) is 4.49. The van der Waals surface area contributed by atoms with Crippen molar-refractivity contribution in [3.8, 4) is 0 Å². The van der Waals surface area contributed by atoms with Crippen molar-refractivity contribution in [1.82, 2.24) is 15.2 Å². The second-order valence-electron chi connectivity index (χ2n) is 6.31. The predicted molar refractivity (Wildman–Crippen MR) is 104 cm³/mol. The average Bonchev–Trinajstić information content (AvgIpc) is 3.08. The van der Waals surface area contributed by atoms with Crippen molar-refractivity contribution in [3.63, 3.8) is 0 Å². The molecule has 2 aromatic rings. The van der Waals surface area contributed by atoms with Gasteiger partial charge in [-0.2, -0.15) is 0 Å². The van der Waals surface area contributed by atoms with Gasteiger partial charge in [0, 0.05) is 13.0 Å². The molecule has 0 bridgehead atoms. The SMILES string of the molecule is CN(CCCc1nonc1/C(Cc1ccc(F)c(Br)c1)=N/O)CCS(N)(=O)=O. The van der Waals surface area contributed by atoms with Crippen molar-refractivity contribution in [2.24, 2.45) is 10.3 Å². The summed E-state index contributed by atoms with van der Waals surface area (Å²) < 4.78 is 40.5. The van der Waals surface area contributed by atoms with Gasteiger partial charge in [-0.05, 0) is 65.2 Å². The van der Waals surface area contributed by atoms with Crippen LogP contribution >= 0.6 is 15.9 Å². The number of aromatic nitrogens is 2. The fraction of sp³-hybridized carbons (Fsp3) is 0.438. The zero-order valence-corrected chi connectivity index (χ0v) is 17.6. The van der Waals surface area contributed by atoms with Gasteiger partial charge in [0.05, 0.1) is 10.2 Å². The number of primary sulfonamides is 1. The lowest BCUT2D eigenvalue weighted by atomic mass is 10.0. The molecule has 1 aromatic carbocycles. The second-order valence-corrected chi connectivity index (χ2v) is 8.89. The number of hydrogen-bond donors (Lipinski definition) is 2. The maximum atomic E-state index is 13.4. The number of halogens is 2. The van der Waals surface area contributed by atoms with Crippen LogP contribution in [-0.2, 0) is 22.9 Å². The van der Waals surface area contributed by atoms with E-state index in [1.807, 2.05) is 4.90 Å². The lowest BCUT2D eigenvalue weighted by Gasteiger charge is -2.15. The van der Waals surface area contributed by atoms with Gasteiger partial charge < -0.3 is 10.1 Å². The topological polar surface area (TPSA) is 135 Å². The zero-order chi connectivity index (χ0) is 20.7. The van der Waals surface area contributed by atoms with Crippen LogP contribution in [0.15, 0.2) is 32.5 Å². The molecule has 154 valence electrons. The molecule has 0 saturated heterocycles. The third-order valence-electron chi connectivity index (χ3n) is 4.02.